The van der Waals surface area contributed by atoms with Crippen LogP contribution in [0.3, 0.4) is 0 Å². The van der Waals surface area contributed by atoms with E-state index in [-0.39, 0.29) is 6.42 Å². The molecule has 0 saturated heterocycles. The van der Waals surface area contributed by atoms with Crippen LogP contribution in [-0.4, -0.2) is 51.2 Å². The van der Waals surface area contributed by atoms with Gasteiger partial charge in [-0.25, -0.2) is 9.59 Å². The molecule has 0 heterocycles. The van der Waals surface area contributed by atoms with Gasteiger partial charge >= 0.3 is 24.3 Å². The molecule has 0 amide bonds. The first-order chi connectivity index (χ1) is 27.3. The highest BCUT2D eigenvalue weighted by atomic mass is 19.4. The summed E-state index contributed by atoms with van der Waals surface area (Å²) in [6, 6.07) is 12.6. The summed E-state index contributed by atoms with van der Waals surface area (Å²) in [7, 11) is 1.48. The molecule has 0 N–H and O–H groups in total. The Kier molecular flexibility index (Phi) is 22.0. The van der Waals surface area contributed by atoms with E-state index >= 15 is 0 Å². The molecule has 0 saturated carbocycles. The molecule has 12 heteroatoms. The predicted octanol–water partition coefficient (Wildman–Crippen LogP) is 10.9. The Morgan fingerprint density at radius 3 is 1.47 bits per heavy atom. The summed E-state index contributed by atoms with van der Waals surface area (Å²) >= 11 is 0. The number of benzene rings is 2. The van der Waals surface area contributed by atoms with E-state index in [1.54, 1.807) is 0 Å². The summed E-state index contributed by atoms with van der Waals surface area (Å²) in [5.41, 5.74) is -7.82. The molecule has 0 spiro atoms. The summed E-state index contributed by atoms with van der Waals surface area (Å²) in [6.07, 6.45) is 3.68. The minimum Gasteiger partial charge on any atom is -0.450 e. The number of rotatable bonds is 23. The smallest absolute Gasteiger partial charge is 0.432 e. The van der Waals surface area contributed by atoms with Crippen LogP contribution >= 0.6 is 0 Å². The summed E-state index contributed by atoms with van der Waals surface area (Å²) in [5.74, 6) is 12.5. The summed E-state index contributed by atoms with van der Waals surface area (Å²) in [4.78, 5) is 26.0. The van der Waals surface area contributed by atoms with Crippen molar-refractivity contribution in [1.29, 1.82) is 0 Å². The number of unbranched alkanes of at least 4 members (excludes halogenated alkanes) is 13. The molecule has 0 fully saturated rings. The van der Waals surface area contributed by atoms with Gasteiger partial charge in [-0.05, 0) is 49.4 Å². The number of carbonyl (C=O) groups is 2. The maximum atomic E-state index is 14.5. The Morgan fingerprint density at radius 1 is 0.579 bits per heavy atom. The molecular weight excluding hydrogens is 750 g/mol. The number of esters is 2. The van der Waals surface area contributed by atoms with E-state index in [4.69, 9.17) is 14.2 Å². The van der Waals surface area contributed by atoms with Crippen LogP contribution in [0.25, 0.3) is 0 Å². The Labute approximate surface area is 333 Å². The fourth-order valence-electron chi connectivity index (χ4n) is 6.14. The quantitative estimate of drug-likeness (QED) is 0.0482. The van der Waals surface area contributed by atoms with Crippen LogP contribution < -0.4 is 0 Å². The van der Waals surface area contributed by atoms with Crippen LogP contribution in [0.4, 0.5) is 26.3 Å². The number of hydrogen-bond acceptors (Lipinski definition) is 6. The van der Waals surface area contributed by atoms with Crippen molar-refractivity contribution >= 4 is 11.9 Å². The zero-order valence-corrected chi connectivity index (χ0v) is 33.1. The lowest BCUT2D eigenvalue weighted by Crippen LogP contribution is -2.52. The third-order valence-corrected chi connectivity index (χ3v) is 9.30. The van der Waals surface area contributed by atoms with Gasteiger partial charge in [-0.3, -0.25) is 0 Å². The van der Waals surface area contributed by atoms with E-state index in [1.807, 2.05) is 0 Å². The number of ether oxygens (including phenoxy) is 4. The molecule has 0 radical (unpaired) electrons. The lowest BCUT2D eigenvalue weighted by atomic mass is 9.92. The van der Waals surface area contributed by atoms with Gasteiger partial charge in [-0.2, -0.15) is 26.3 Å². The second kappa shape index (κ2) is 25.7. The fraction of sp³-hybridized carbons (Fsp3) is 0.556. The largest absolute Gasteiger partial charge is 0.450 e. The van der Waals surface area contributed by atoms with E-state index < -0.39 is 59.3 Å². The van der Waals surface area contributed by atoms with Gasteiger partial charge in [0.1, 0.15) is 0 Å². The van der Waals surface area contributed by atoms with Crippen LogP contribution in [0.2, 0.25) is 0 Å². The first-order valence-corrected chi connectivity index (χ1v) is 19.5. The molecule has 0 aliphatic heterocycles. The summed E-state index contributed by atoms with van der Waals surface area (Å²) < 4.78 is 106. The van der Waals surface area contributed by atoms with Crippen molar-refractivity contribution in [3.63, 3.8) is 0 Å². The lowest BCUT2D eigenvalue weighted by molar-refractivity contribution is -0.277. The van der Waals surface area contributed by atoms with Crippen LogP contribution in [-0.2, 0) is 39.7 Å². The Bertz CT molecular complexity index is 1660. The van der Waals surface area contributed by atoms with E-state index in [0.717, 1.165) is 89.9 Å². The van der Waals surface area contributed by atoms with Crippen LogP contribution in [0.1, 0.15) is 121 Å². The second-order valence-electron chi connectivity index (χ2n) is 13.4. The minimum atomic E-state index is -5.20. The van der Waals surface area contributed by atoms with Crippen molar-refractivity contribution in [2.24, 2.45) is 0 Å². The standard InChI is InChI=1S/C45H54F6O6/c1-4-5-6-7-8-9-10-11-12-13-14-15-16-17-18-19-27-34-39(57-41(53)43(55-3,45(49,50)51)38-32-25-21-26-33-38)35-28-22-29-36-56-40(52)42(54-2,44(46,47)48)37-30-23-20-24-31-37/h20-21,23-26,30-33,39H,4-10,13-19,27,34,36H2,1-3H3/t39-,42+,43+/m1/s1. The van der Waals surface area contributed by atoms with E-state index in [9.17, 15) is 35.9 Å². The van der Waals surface area contributed by atoms with Crippen molar-refractivity contribution in [3.8, 4) is 35.5 Å². The molecule has 3 atom stereocenters. The van der Waals surface area contributed by atoms with Gasteiger partial charge in [0, 0.05) is 38.2 Å². The Balaban J connectivity index is 2.04. The Morgan fingerprint density at radius 2 is 1.02 bits per heavy atom. The zero-order valence-electron chi connectivity index (χ0n) is 33.1. The molecule has 2 aromatic rings. The lowest BCUT2D eigenvalue weighted by Gasteiger charge is -2.33. The van der Waals surface area contributed by atoms with Gasteiger partial charge < -0.3 is 18.9 Å². The van der Waals surface area contributed by atoms with Gasteiger partial charge in [0.2, 0.25) is 0 Å². The highest BCUT2D eigenvalue weighted by molar-refractivity contribution is 5.83. The van der Waals surface area contributed by atoms with Gasteiger partial charge in [0.15, 0.2) is 12.7 Å². The van der Waals surface area contributed by atoms with Crippen molar-refractivity contribution < 1.29 is 54.9 Å². The first kappa shape index (κ1) is 48.7. The molecule has 0 unspecified atom stereocenters. The Hall–Kier alpha value is -4.44. The number of halogens is 6. The molecule has 0 bridgehead atoms. The average molecular weight is 805 g/mol. The third kappa shape index (κ3) is 15.1. The van der Waals surface area contributed by atoms with Gasteiger partial charge in [-0.15, -0.1) is 11.8 Å². The highest BCUT2D eigenvalue weighted by Gasteiger charge is 2.65. The molecule has 0 aliphatic rings. The maximum Gasteiger partial charge on any atom is 0.432 e. The first-order valence-electron chi connectivity index (χ1n) is 19.5. The van der Waals surface area contributed by atoms with E-state index in [0.29, 0.717) is 12.8 Å². The summed E-state index contributed by atoms with van der Waals surface area (Å²) in [5, 5.41) is 0. The maximum absolute atomic E-state index is 14.5. The molecule has 312 valence electrons. The van der Waals surface area contributed by atoms with Crippen molar-refractivity contribution in [2.45, 2.75) is 139 Å². The number of hydrogen-bond donors (Lipinski definition) is 0. The van der Waals surface area contributed by atoms with Crippen LogP contribution in [0.5, 0.6) is 0 Å². The average Bonchev–Trinajstić information content (AvgIpc) is 3.18. The molecule has 6 nitrogen and oxygen atoms in total. The van der Waals surface area contributed by atoms with Crippen molar-refractivity contribution in [1.82, 2.24) is 0 Å². The SMILES string of the molecule is CCCCCCCCC#CCCCCCCCCC[C@H](C#CC#CCOC(=O)[C@@](OC)(c1ccccc1)C(F)(F)F)OC(=O)[C@@](OC)(c1ccccc1)C(F)(F)F. The molecule has 57 heavy (non-hydrogen) atoms. The molecule has 0 aliphatic carbocycles. The molecule has 2 aromatic carbocycles. The third-order valence-electron chi connectivity index (χ3n) is 9.30. The normalized spacial score (nSPS) is 13.9. The van der Waals surface area contributed by atoms with Gasteiger partial charge in [0.05, 0.1) is 0 Å². The monoisotopic (exact) mass is 804 g/mol. The predicted molar refractivity (Wildman–Crippen MR) is 206 cm³/mol. The summed E-state index contributed by atoms with van der Waals surface area (Å²) in [6.45, 7) is 1.39. The molecule has 2 rings (SSSR count). The zero-order chi connectivity index (χ0) is 42.0. The van der Waals surface area contributed by atoms with Crippen molar-refractivity contribution in [3.05, 3.63) is 71.8 Å². The van der Waals surface area contributed by atoms with Crippen LogP contribution in [0, 0.1) is 35.5 Å². The van der Waals surface area contributed by atoms with Crippen molar-refractivity contribution in [2.75, 3.05) is 20.8 Å². The van der Waals surface area contributed by atoms with Gasteiger partial charge in [-0.1, -0.05) is 132 Å². The molecular formula is C45H54F6O6. The molecule has 0 aromatic heterocycles. The fourth-order valence-corrected chi connectivity index (χ4v) is 6.14. The number of methoxy groups -OCH3 is 2. The topological polar surface area (TPSA) is 71.1 Å². The number of carbonyl (C=O) groups excluding carboxylic acids is 2. The van der Waals surface area contributed by atoms with Gasteiger partial charge in [0.25, 0.3) is 11.2 Å². The van der Waals surface area contributed by atoms with Crippen LogP contribution in [0.15, 0.2) is 60.7 Å². The highest BCUT2D eigenvalue weighted by Crippen LogP contribution is 2.44. The second-order valence-corrected chi connectivity index (χ2v) is 13.4. The van der Waals surface area contributed by atoms with E-state index in [1.165, 1.54) is 68.5 Å². The number of alkyl halides is 6. The minimum absolute atomic E-state index is 0.0784. The van der Waals surface area contributed by atoms with E-state index in [2.05, 4.69) is 47.2 Å².